The number of ether oxygens (including phenoxy) is 3. The quantitative estimate of drug-likeness (QED) is 0.826. The number of hydrogen-bond donors (Lipinski definition) is 1. The molecule has 0 unspecified atom stereocenters. The Kier molecular flexibility index (Phi) is 6.03. The third-order valence-electron chi connectivity index (χ3n) is 4.76. The van der Waals surface area contributed by atoms with Gasteiger partial charge in [-0.05, 0) is 24.3 Å². The van der Waals surface area contributed by atoms with Crippen LogP contribution in [0, 0.1) is 0 Å². The molecule has 1 fully saturated rings. The summed E-state index contributed by atoms with van der Waals surface area (Å²) < 4.78 is 16.5. The molecule has 1 heterocycles. The number of likely N-dealkylation sites (N-methyl/N-ethyl adjacent to an activating group) is 1. The molecule has 1 aliphatic rings. The second kappa shape index (κ2) is 8.65. The third kappa shape index (κ3) is 4.03. The van der Waals surface area contributed by atoms with Crippen molar-refractivity contribution in [3.05, 3.63) is 54.1 Å². The number of rotatable bonds is 6. The van der Waals surface area contributed by atoms with Crippen LogP contribution in [0.1, 0.15) is 16.8 Å². The molecular weight excluding hydrogens is 360 g/mol. The summed E-state index contributed by atoms with van der Waals surface area (Å²) in [7, 11) is 4.60. The lowest BCUT2D eigenvalue weighted by Crippen LogP contribution is -2.45. The Bertz CT molecular complexity index is 840. The maximum atomic E-state index is 13.2. The summed E-state index contributed by atoms with van der Waals surface area (Å²) >= 11 is 0. The number of para-hydroxylation sites is 1. The predicted molar refractivity (Wildman–Crippen MR) is 104 cm³/mol. The van der Waals surface area contributed by atoms with E-state index in [1.54, 1.807) is 32.4 Å². The van der Waals surface area contributed by atoms with Crippen molar-refractivity contribution in [2.75, 3.05) is 27.8 Å². The molecular formula is C21H24N2O5. The van der Waals surface area contributed by atoms with Crippen molar-refractivity contribution in [2.45, 2.75) is 18.6 Å². The highest BCUT2D eigenvalue weighted by Gasteiger charge is 2.41. The Morgan fingerprint density at radius 3 is 2.43 bits per heavy atom. The minimum Gasteiger partial charge on any atom is -0.497 e. The molecule has 148 valence electrons. The number of hydrogen-bond acceptors (Lipinski definition) is 5. The molecule has 0 aliphatic carbocycles. The third-order valence-corrected chi connectivity index (χ3v) is 4.76. The number of benzene rings is 2. The molecule has 1 saturated heterocycles. The zero-order valence-corrected chi connectivity index (χ0v) is 16.2. The number of amides is 2. The molecule has 0 saturated carbocycles. The van der Waals surface area contributed by atoms with Crippen LogP contribution in [0.3, 0.4) is 0 Å². The molecule has 2 aromatic carbocycles. The molecule has 28 heavy (non-hydrogen) atoms. The van der Waals surface area contributed by atoms with E-state index in [9.17, 15) is 9.59 Å². The zero-order chi connectivity index (χ0) is 20.1. The van der Waals surface area contributed by atoms with Gasteiger partial charge in [0.25, 0.3) is 5.91 Å². The van der Waals surface area contributed by atoms with Crippen LogP contribution in [0.5, 0.6) is 17.2 Å². The van der Waals surface area contributed by atoms with Gasteiger partial charge in [-0.15, -0.1) is 0 Å². The Morgan fingerprint density at radius 1 is 1.04 bits per heavy atom. The highest BCUT2D eigenvalue weighted by atomic mass is 16.5. The molecule has 2 amide bonds. The van der Waals surface area contributed by atoms with Crippen molar-refractivity contribution in [2.24, 2.45) is 0 Å². The molecule has 0 aromatic heterocycles. The average Bonchev–Trinajstić information content (AvgIpc) is 3.16. The maximum absolute atomic E-state index is 13.2. The van der Waals surface area contributed by atoms with Crippen LogP contribution in [0.15, 0.2) is 48.5 Å². The van der Waals surface area contributed by atoms with Crippen LogP contribution >= 0.6 is 0 Å². The summed E-state index contributed by atoms with van der Waals surface area (Å²) in [6.07, 6.45) is 0.136. The lowest BCUT2D eigenvalue weighted by atomic mass is 10.1. The fraction of sp³-hybridized carbons (Fsp3) is 0.333. The van der Waals surface area contributed by atoms with Crippen molar-refractivity contribution < 1.29 is 23.8 Å². The fourth-order valence-corrected chi connectivity index (χ4v) is 3.34. The van der Waals surface area contributed by atoms with Crippen LogP contribution < -0.4 is 19.5 Å². The normalized spacial score (nSPS) is 18.5. The first-order valence-electron chi connectivity index (χ1n) is 9.03. The molecule has 0 spiro atoms. The Balaban J connectivity index is 1.85. The number of methoxy groups -OCH3 is 2. The van der Waals surface area contributed by atoms with E-state index in [0.717, 1.165) is 0 Å². The second-order valence-electron chi connectivity index (χ2n) is 6.44. The molecule has 3 rings (SSSR count). The van der Waals surface area contributed by atoms with Crippen molar-refractivity contribution >= 4 is 11.8 Å². The molecule has 0 radical (unpaired) electrons. The van der Waals surface area contributed by atoms with Crippen LogP contribution in [0.2, 0.25) is 0 Å². The van der Waals surface area contributed by atoms with E-state index in [0.29, 0.717) is 35.8 Å². The van der Waals surface area contributed by atoms with E-state index in [2.05, 4.69) is 5.32 Å². The average molecular weight is 384 g/mol. The van der Waals surface area contributed by atoms with Crippen LogP contribution in [0.25, 0.3) is 0 Å². The van der Waals surface area contributed by atoms with Gasteiger partial charge in [0.1, 0.15) is 29.4 Å². The van der Waals surface area contributed by atoms with Gasteiger partial charge in [0.2, 0.25) is 5.91 Å². The SMILES string of the molecule is CNC(=O)[C@@H]1C[C@H](Oc2ccccc2)CN1C(=O)c1ccc(OC)cc1OC. The molecule has 0 bridgehead atoms. The van der Waals surface area contributed by atoms with E-state index < -0.39 is 6.04 Å². The van der Waals surface area contributed by atoms with E-state index >= 15 is 0 Å². The maximum Gasteiger partial charge on any atom is 0.258 e. The summed E-state index contributed by atoms with van der Waals surface area (Å²) in [5.41, 5.74) is 0.373. The van der Waals surface area contributed by atoms with E-state index in [4.69, 9.17) is 14.2 Å². The van der Waals surface area contributed by atoms with E-state index in [1.807, 2.05) is 30.3 Å². The van der Waals surface area contributed by atoms with Crippen molar-refractivity contribution in [3.8, 4) is 17.2 Å². The number of nitrogens with one attached hydrogen (secondary N) is 1. The minimum absolute atomic E-state index is 0.222. The lowest BCUT2D eigenvalue weighted by molar-refractivity contribution is -0.124. The molecule has 7 heteroatoms. The van der Waals surface area contributed by atoms with Gasteiger partial charge in [-0.1, -0.05) is 18.2 Å². The minimum atomic E-state index is -0.613. The van der Waals surface area contributed by atoms with Crippen LogP contribution in [-0.2, 0) is 4.79 Å². The van der Waals surface area contributed by atoms with Gasteiger partial charge in [-0.2, -0.15) is 0 Å². The van der Waals surface area contributed by atoms with Gasteiger partial charge >= 0.3 is 0 Å². The number of carbonyl (C=O) groups is 2. The van der Waals surface area contributed by atoms with Gasteiger partial charge in [-0.3, -0.25) is 9.59 Å². The highest BCUT2D eigenvalue weighted by Crippen LogP contribution is 2.30. The number of nitrogens with zero attached hydrogens (tertiary/aromatic N) is 1. The lowest BCUT2D eigenvalue weighted by Gasteiger charge is -2.24. The summed E-state index contributed by atoms with van der Waals surface area (Å²) in [4.78, 5) is 27.2. The first-order chi connectivity index (χ1) is 13.6. The molecule has 1 aliphatic heterocycles. The second-order valence-corrected chi connectivity index (χ2v) is 6.44. The summed E-state index contributed by atoms with van der Waals surface area (Å²) in [6.45, 7) is 0.307. The summed E-state index contributed by atoms with van der Waals surface area (Å²) in [6, 6.07) is 13.7. The standard InChI is InChI=1S/C21H24N2O5/c1-22-20(24)18-11-16(28-14-7-5-4-6-8-14)13-23(18)21(25)17-10-9-15(26-2)12-19(17)27-3/h4-10,12,16,18H,11,13H2,1-3H3,(H,22,24)/t16-,18-/m0/s1. The van der Waals surface area contributed by atoms with Crippen molar-refractivity contribution in [3.63, 3.8) is 0 Å². The fourth-order valence-electron chi connectivity index (χ4n) is 3.34. The Labute approximate surface area is 164 Å². The van der Waals surface area contributed by atoms with Gasteiger partial charge in [0, 0.05) is 19.5 Å². The Hall–Kier alpha value is -3.22. The topological polar surface area (TPSA) is 77.1 Å². The largest absolute Gasteiger partial charge is 0.497 e. The zero-order valence-electron chi connectivity index (χ0n) is 16.2. The van der Waals surface area contributed by atoms with Gasteiger partial charge in [0.15, 0.2) is 0 Å². The van der Waals surface area contributed by atoms with E-state index in [-0.39, 0.29) is 17.9 Å². The first kappa shape index (κ1) is 19.5. The highest BCUT2D eigenvalue weighted by molar-refractivity contribution is 6.00. The predicted octanol–water partition coefficient (Wildman–Crippen LogP) is 2.11. The molecule has 2 atom stereocenters. The molecule has 7 nitrogen and oxygen atoms in total. The number of likely N-dealkylation sites (tertiary alicyclic amines) is 1. The number of carbonyl (C=O) groups excluding carboxylic acids is 2. The van der Waals surface area contributed by atoms with Crippen LogP contribution in [0.4, 0.5) is 0 Å². The summed E-state index contributed by atoms with van der Waals surface area (Å²) in [5, 5.41) is 2.63. The monoisotopic (exact) mass is 384 g/mol. The first-order valence-corrected chi connectivity index (χ1v) is 9.03. The van der Waals surface area contributed by atoms with Gasteiger partial charge in [0.05, 0.1) is 26.3 Å². The van der Waals surface area contributed by atoms with E-state index in [1.165, 1.54) is 12.0 Å². The molecule has 2 aromatic rings. The van der Waals surface area contributed by atoms with Crippen LogP contribution in [-0.4, -0.2) is 56.7 Å². The van der Waals surface area contributed by atoms with Crippen molar-refractivity contribution in [1.29, 1.82) is 0 Å². The smallest absolute Gasteiger partial charge is 0.258 e. The van der Waals surface area contributed by atoms with Crippen molar-refractivity contribution in [1.82, 2.24) is 10.2 Å². The molecule has 1 N–H and O–H groups in total. The van der Waals surface area contributed by atoms with Gasteiger partial charge in [-0.25, -0.2) is 0 Å². The summed E-state index contributed by atoms with van der Waals surface area (Å²) in [5.74, 6) is 1.18. The Morgan fingerprint density at radius 2 is 1.79 bits per heavy atom. The van der Waals surface area contributed by atoms with Gasteiger partial charge < -0.3 is 24.4 Å².